The molecule has 0 aliphatic rings. The van der Waals surface area contributed by atoms with E-state index in [1.165, 1.54) is 12.1 Å². The Morgan fingerprint density at radius 2 is 2.11 bits per heavy atom. The van der Waals surface area contributed by atoms with Gasteiger partial charge in [-0.15, -0.1) is 11.8 Å². The van der Waals surface area contributed by atoms with Gasteiger partial charge in [-0.3, -0.25) is 4.79 Å². The van der Waals surface area contributed by atoms with Crippen LogP contribution in [0.25, 0.3) is 0 Å². The van der Waals surface area contributed by atoms with Crippen LogP contribution in [0.5, 0.6) is 0 Å². The smallest absolute Gasteiger partial charge is 0.174 e. The minimum atomic E-state index is -0.638. The summed E-state index contributed by atoms with van der Waals surface area (Å²) in [6.45, 7) is 0. The van der Waals surface area contributed by atoms with Crippen LogP contribution in [0.2, 0.25) is 0 Å². The molecule has 1 heterocycles. The molecule has 0 aliphatic heterocycles. The molecule has 2 nitrogen and oxygen atoms in total. The van der Waals surface area contributed by atoms with Crippen LogP contribution >= 0.6 is 11.8 Å². The standard InChI is InChI=1S/C13H11F2NOS/c1-16-5-4-9(7-16)12(17)8-18-13-3-2-10(14)6-11(13)15/h2-7H,8H2,1H3. The Balaban J connectivity index is 2.01. The quantitative estimate of drug-likeness (QED) is 0.626. The van der Waals surface area contributed by atoms with Crippen molar-refractivity contribution >= 4 is 17.5 Å². The molecular formula is C13H11F2NOS. The Bertz CT molecular complexity index is 580. The van der Waals surface area contributed by atoms with Crippen LogP contribution < -0.4 is 0 Å². The van der Waals surface area contributed by atoms with Crippen LogP contribution in [0.15, 0.2) is 41.6 Å². The largest absolute Gasteiger partial charge is 0.357 e. The van der Waals surface area contributed by atoms with Crippen molar-refractivity contribution in [3.8, 4) is 0 Å². The van der Waals surface area contributed by atoms with E-state index in [1.807, 2.05) is 7.05 Å². The lowest BCUT2D eigenvalue weighted by Gasteiger charge is -2.02. The number of ketones is 1. The van der Waals surface area contributed by atoms with E-state index < -0.39 is 11.6 Å². The first-order chi connectivity index (χ1) is 8.56. The summed E-state index contributed by atoms with van der Waals surface area (Å²) in [5, 5.41) is 0. The van der Waals surface area contributed by atoms with E-state index in [9.17, 15) is 13.6 Å². The molecular weight excluding hydrogens is 256 g/mol. The Morgan fingerprint density at radius 3 is 2.72 bits per heavy atom. The van der Waals surface area contributed by atoms with Gasteiger partial charge in [-0.05, 0) is 18.2 Å². The van der Waals surface area contributed by atoms with Gasteiger partial charge in [0.25, 0.3) is 0 Å². The zero-order valence-corrected chi connectivity index (χ0v) is 10.5. The van der Waals surface area contributed by atoms with E-state index in [-0.39, 0.29) is 16.4 Å². The average Bonchev–Trinajstić information content (AvgIpc) is 2.74. The second-order valence-electron chi connectivity index (χ2n) is 3.85. The zero-order chi connectivity index (χ0) is 13.1. The third-order valence-electron chi connectivity index (χ3n) is 2.41. The third-order valence-corrected chi connectivity index (χ3v) is 3.46. The second kappa shape index (κ2) is 5.35. The molecule has 0 unspecified atom stereocenters. The van der Waals surface area contributed by atoms with Gasteiger partial charge in [-0.25, -0.2) is 8.78 Å². The number of carbonyl (C=O) groups excluding carboxylic acids is 1. The molecule has 1 aromatic heterocycles. The molecule has 0 amide bonds. The van der Waals surface area contributed by atoms with E-state index in [2.05, 4.69) is 0 Å². The fraction of sp³-hybridized carbons (Fsp3) is 0.154. The highest BCUT2D eigenvalue weighted by molar-refractivity contribution is 8.00. The third kappa shape index (κ3) is 2.98. The summed E-state index contributed by atoms with van der Waals surface area (Å²) in [5.41, 5.74) is 0.590. The molecule has 94 valence electrons. The Kier molecular flexibility index (Phi) is 3.81. The molecule has 18 heavy (non-hydrogen) atoms. The van der Waals surface area contributed by atoms with Gasteiger partial charge in [-0.2, -0.15) is 0 Å². The van der Waals surface area contributed by atoms with E-state index in [0.717, 1.165) is 17.8 Å². The van der Waals surface area contributed by atoms with E-state index in [0.29, 0.717) is 5.56 Å². The zero-order valence-electron chi connectivity index (χ0n) is 9.69. The highest BCUT2D eigenvalue weighted by Crippen LogP contribution is 2.23. The lowest BCUT2D eigenvalue weighted by atomic mass is 10.2. The number of hydrogen-bond donors (Lipinski definition) is 0. The van der Waals surface area contributed by atoms with Gasteiger partial charge in [0.1, 0.15) is 11.6 Å². The average molecular weight is 267 g/mol. The van der Waals surface area contributed by atoms with E-state index in [1.54, 1.807) is 23.0 Å². The number of Topliss-reactive ketones (excluding diaryl/α,β-unsaturated/α-hetero) is 1. The molecule has 0 spiro atoms. The molecule has 1 aromatic carbocycles. The normalized spacial score (nSPS) is 10.6. The lowest BCUT2D eigenvalue weighted by Crippen LogP contribution is -2.01. The minimum absolute atomic E-state index is 0.0793. The molecule has 2 rings (SSSR count). The summed E-state index contributed by atoms with van der Waals surface area (Å²) in [4.78, 5) is 12.1. The van der Waals surface area contributed by atoms with Gasteiger partial charge in [0, 0.05) is 36.0 Å². The van der Waals surface area contributed by atoms with E-state index in [4.69, 9.17) is 0 Å². The van der Waals surface area contributed by atoms with Gasteiger partial charge in [-0.1, -0.05) is 0 Å². The van der Waals surface area contributed by atoms with Gasteiger partial charge < -0.3 is 4.57 Å². The van der Waals surface area contributed by atoms with Crippen LogP contribution in [0.3, 0.4) is 0 Å². The summed E-state index contributed by atoms with van der Waals surface area (Å²) in [6, 6.07) is 5.05. The summed E-state index contributed by atoms with van der Waals surface area (Å²) >= 11 is 1.07. The first-order valence-corrected chi connectivity index (χ1v) is 6.28. The highest BCUT2D eigenvalue weighted by atomic mass is 32.2. The molecule has 0 N–H and O–H groups in total. The SMILES string of the molecule is Cn1ccc(C(=O)CSc2ccc(F)cc2F)c1. The van der Waals surface area contributed by atoms with Crippen molar-refractivity contribution in [2.24, 2.45) is 7.05 Å². The summed E-state index contributed by atoms with van der Waals surface area (Å²) < 4.78 is 27.8. The van der Waals surface area contributed by atoms with Gasteiger partial charge >= 0.3 is 0 Å². The number of rotatable bonds is 4. The fourth-order valence-corrected chi connectivity index (χ4v) is 2.30. The number of benzene rings is 1. The topological polar surface area (TPSA) is 22.0 Å². The van der Waals surface area contributed by atoms with Crippen LogP contribution in [0, 0.1) is 11.6 Å². The molecule has 0 fully saturated rings. The fourth-order valence-electron chi connectivity index (χ4n) is 1.49. The summed E-state index contributed by atoms with van der Waals surface area (Å²) in [5.74, 6) is -1.21. The molecule has 0 atom stereocenters. The van der Waals surface area contributed by atoms with Crippen molar-refractivity contribution in [3.63, 3.8) is 0 Å². The van der Waals surface area contributed by atoms with Crippen molar-refractivity contribution in [2.45, 2.75) is 4.90 Å². The number of thioether (sulfide) groups is 1. The number of aromatic nitrogens is 1. The number of halogens is 2. The van der Waals surface area contributed by atoms with Crippen LogP contribution in [-0.4, -0.2) is 16.1 Å². The van der Waals surface area contributed by atoms with Crippen molar-refractivity contribution in [2.75, 3.05) is 5.75 Å². The van der Waals surface area contributed by atoms with Crippen molar-refractivity contribution < 1.29 is 13.6 Å². The van der Waals surface area contributed by atoms with Crippen molar-refractivity contribution in [1.82, 2.24) is 4.57 Å². The molecule has 0 bridgehead atoms. The molecule has 0 aliphatic carbocycles. The predicted molar refractivity (Wildman–Crippen MR) is 66.8 cm³/mol. The van der Waals surface area contributed by atoms with Crippen LogP contribution in [0.4, 0.5) is 8.78 Å². The number of hydrogen-bond acceptors (Lipinski definition) is 2. The number of nitrogens with zero attached hydrogens (tertiary/aromatic N) is 1. The molecule has 0 saturated carbocycles. The highest BCUT2D eigenvalue weighted by Gasteiger charge is 2.10. The van der Waals surface area contributed by atoms with Crippen LogP contribution in [-0.2, 0) is 7.05 Å². The predicted octanol–water partition coefficient (Wildman–Crippen LogP) is 3.28. The van der Waals surface area contributed by atoms with Gasteiger partial charge in [0.2, 0.25) is 0 Å². The monoisotopic (exact) mass is 267 g/mol. The maximum Gasteiger partial charge on any atom is 0.174 e. The minimum Gasteiger partial charge on any atom is -0.357 e. The lowest BCUT2D eigenvalue weighted by molar-refractivity contribution is 0.102. The van der Waals surface area contributed by atoms with Gasteiger partial charge in [0.15, 0.2) is 5.78 Å². The van der Waals surface area contributed by atoms with Crippen molar-refractivity contribution in [3.05, 3.63) is 53.9 Å². The van der Waals surface area contributed by atoms with Crippen LogP contribution in [0.1, 0.15) is 10.4 Å². The van der Waals surface area contributed by atoms with Gasteiger partial charge in [0.05, 0.1) is 5.75 Å². The molecule has 2 aromatic rings. The van der Waals surface area contributed by atoms with Crippen molar-refractivity contribution in [1.29, 1.82) is 0 Å². The second-order valence-corrected chi connectivity index (χ2v) is 4.87. The summed E-state index contributed by atoms with van der Waals surface area (Å²) in [6.07, 6.45) is 3.49. The Morgan fingerprint density at radius 1 is 1.33 bits per heavy atom. The molecule has 0 saturated heterocycles. The first kappa shape index (κ1) is 12.8. The number of aryl methyl sites for hydroxylation is 1. The maximum absolute atomic E-state index is 13.3. The van der Waals surface area contributed by atoms with E-state index >= 15 is 0 Å². The summed E-state index contributed by atoms with van der Waals surface area (Å²) in [7, 11) is 1.82. The Hall–Kier alpha value is -1.62. The molecule has 0 radical (unpaired) electrons. The Labute approximate surface area is 108 Å². The first-order valence-electron chi connectivity index (χ1n) is 5.29. The number of carbonyl (C=O) groups is 1. The molecule has 5 heteroatoms. The maximum atomic E-state index is 13.3.